The van der Waals surface area contributed by atoms with Crippen LogP contribution < -0.4 is 0 Å². The standard InChI is InChI=1S/C13H20O/c1-9-10(2)13(14)8-12(9)11-6-4-3-5-7-11/h11-12H,3-8H2,1-2H3. The number of Topliss-reactive ketones (excluding diaryl/α,β-unsaturated/α-hetero) is 1. The highest BCUT2D eigenvalue weighted by Gasteiger charge is 2.33. The molecule has 14 heavy (non-hydrogen) atoms. The van der Waals surface area contributed by atoms with Gasteiger partial charge < -0.3 is 0 Å². The molecule has 0 aromatic rings. The molecule has 1 atom stereocenters. The fourth-order valence-electron chi connectivity index (χ4n) is 3.06. The molecule has 0 aromatic heterocycles. The number of ketones is 1. The highest BCUT2D eigenvalue weighted by atomic mass is 16.1. The SMILES string of the molecule is CC1=C(C)C(C2CCCCC2)CC1=O. The minimum Gasteiger partial charge on any atom is -0.295 e. The van der Waals surface area contributed by atoms with Gasteiger partial charge in [-0.25, -0.2) is 0 Å². The van der Waals surface area contributed by atoms with Crippen LogP contribution in [0.1, 0.15) is 52.4 Å². The molecule has 0 aliphatic heterocycles. The lowest BCUT2D eigenvalue weighted by Gasteiger charge is -2.28. The van der Waals surface area contributed by atoms with Gasteiger partial charge in [0.15, 0.2) is 5.78 Å². The van der Waals surface area contributed by atoms with Crippen LogP contribution in [0.5, 0.6) is 0 Å². The summed E-state index contributed by atoms with van der Waals surface area (Å²) in [6.45, 7) is 4.17. The van der Waals surface area contributed by atoms with Gasteiger partial charge in [-0.3, -0.25) is 4.79 Å². The summed E-state index contributed by atoms with van der Waals surface area (Å²) in [6.07, 6.45) is 7.66. The maximum absolute atomic E-state index is 11.6. The summed E-state index contributed by atoms with van der Waals surface area (Å²) in [5, 5.41) is 0. The zero-order valence-electron chi connectivity index (χ0n) is 9.31. The molecule has 2 aliphatic rings. The number of carbonyl (C=O) groups is 1. The van der Waals surface area contributed by atoms with Gasteiger partial charge in [0.2, 0.25) is 0 Å². The van der Waals surface area contributed by atoms with Crippen molar-refractivity contribution in [3.8, 4) is 0 Å². The summed E-state index contributed by atoms with van der Waals surface area (Å²) in [5.74, 6) is 1.81. The molecule has 0 spiro atoms. The molecule has 1 nitrogen and oxygen atoms in total. The molecule has 1 unspecified atom stereocenters. The highest BCUT2D eigenvalue weighted by molar-refractivity contribution is 5.98. The third-order valence-electron chi connectivity index (χ3n) is 4.19. The third-order valence-corrected chi connectivity index (χ3v) is 4.19. The van der Waals surface area contributed by atoms with Crippen LogP contribution in [0.3, 0.4) is 0 Å². The van der Waals surface area contributed by atoms with E-state index in [-0.39, 0.29) is 0 Å². The van der Waals surface area contributed by atoms with Gasteiger partial charge in [0, 0.05) is 6.42 Å². The van der Waals surface area contributed by atoms with E-state index >= 15 is 0 Å². The number of rotatable bonds is 1. The Balaban J connectivity index is 2.09. The van der Waals surface area contributed by atoms with Gasteiger partial charge in [-0.05, 0) is 44.1 Å². The minimum absolute atomic E-state index is 0.401. The topological polar surface area (TPSA) is 17.1 Å². The van der Waals surface area contributed by atoms with E-state index in [9.17, 15) is 4.79 Å². The highest BCUT2D eigenvalue weighted by Crippen LogP contribution is 2.40. The lowest BCUT2D eigenvalue weighted by Crippen LogP contribution is -2.17. The molecule has 1 fully saturated rings. The van der Waals surface area contributed by atoms with Crippen LogP contribution >= 0.6 is 0 Å². The monoisotopic (exact) mass is 192 g/mol. The molecule has 1 heteroatoms. The van der Waals surface area contributed by atoms with E-state index in [1.54, 1.807) is 0 Å². The average molecular weight is 192 g/mol. The Kier molecular flexibility index (Phi) is 2.76. The summed E-state index contributed by atoms with van der Waals surface area (Å²) < 4.78 is 0. The van der Waals surface area contributed by atoms with E-state index in [0.29, 0.717) is 11.7 Å². The van der Waals surface area contributed by atoms with Gasteiger partial charge >= 0.3 is 0 Å². The first-order valence-corrected chi connectivity index (χ1v) is 5.90. The summed E-state index contributed by atoms with van der Waals surface area (Å²) in [7, 11) is 0. The van der Waals surface area contributed by atoms with Crippen molar-refractivity contribution in [3.05, 3.63) is 11.1 Å². The fourth-order valence-corrected chi connectivity index (χ4v) is 3.06. The van der Waals surface area contributed by atoms with E-state index in [1.807, 2.05) is 6.92 Å². The molecule has 2 aliphatic carbocycles. The van der Waals surface area contributed by atoms with Crippen molar-refractivity contribution in [1.82, 2.24) is 0 Å². The molecule has 0 bridgehead atoms. The van der Waals surface area contributed by atoms with Crippen LogP contribution in [0.25, 0.3) is 0 Å². The molecular weight excluding hydrogens is 172 g/mol. The third kappa shape index (κ3) is 1.65. The second kappa shape index (κ2) is 3.88. The molecule has 0 aromatic carbocycles. The fraction of sp³-hybridized carbons (Fsp3) is 0.769. The number of carbonyl (C=O) groups excluding carboxylic acids is 1. The Hall–Kier alpha value is -0.590. The van der Waals surface area contributed by atoms with Crippen molar-refractivity contribution in [2.75, 3.05) is 0 Å². The molecule has 0 amide bonds. The van der Waals surface area contributed by atoms with Gasteiger partial charge in [0.25, 0.3) is 0 Å². The maximum Gasteiger partial charge on any atom is 0.159 e. The van der Waals surface area contributed by atoms with Crippen LogP contribution in [0, 0.1) is 11.8 Å². The number of allylic oxidation sites excluding steroid dienone is 2. The normalized spacial score (nSPS) is 30.1. The first-order chi connectivity index (χ1) is 6.70. The minimum atomic E-state index is 0.401. The van der Waals surface area contributed by atoms with Crippen molar-refractivity contribution in [1.29, 1.82) is 0 Å². The smallest absolute Gasteiger partial charge is 0.159 e. The summed E-state index contributed by atoms with van der Waals surface area (Å²) >= 11 is 0. The van der Waals surface area contributed by atoms with E-state index in [0.717, 1.165) is 17.9 Å². The zero-order chi connectivity index (χ0) is 10.1. The number of hydrogen-bond acceptors (Lipinski definition) is 1. The molecule has 0 saturated heterocycles. The van der Waals surface area contributed by atoms with Crippen LogP contribution in [0.2, 0.25) is 0 Å². The molecule has 1 saturated carbocycles. The predicted molar refractivity (Wildman–Crippen MR) is 58.1 cm³/mol. The van der Waals surface area contributed by atoms with E-state index < -0.39 is 0 Å². The van der Waals surface area contributed by atoms with Crippen molar-refractivity contribution < 1.29 is 4.79 Å². The largest absolute Gasteiger partial charge is 0.295 e. The van der Waals surface area contributed by atoms with Crippen molar-refractivity contribution in [3.63, 3.8) is 0 Å². The Morgan fingerprint density at radius 2 is 1.71 bits per heavy atom. The first-order valence-electron chi connectivity index (χ1n) is 5.90. The first kappa shape index (κ1) is 9.95. The predicted octanol–water partition coefficient (Wildman–Crippen LogP) is 3.49. The van der Waals surface area contributed by atoms with Crippen LogP contribution in [-0.2, 0) is 4.79 Å². The van der Waals surface area contributed by atoms with Gasteiger partial charge in [-0.1, -0.05) is 24.8 Å². The van der Waals surface area contributed by atoms with Crippen LogP contribution in [0.15, 0.2) is 11.1 Å². The molecule has 78 valence electrons. The van der Waals surface area contributed by atoms with Crippen LogP contribution in [-0.4, -0.2) is 5.78 Å². The van der Waals surface area contributed by atoms with Crippen molar-refractivity contribution >= 4 is 5.78 Å². The van der Waals surface area contributed by atoms with Crippen molar-refractivity contribution in [2.45, 2.75) is 52.4 Å². The van der Waals surface area contributed by atoms with E-state index in [2.05, 4.69) is 6.92 Å². The lowest BCUT2D eigenvalue weighted by molar-refractivity contribution is -0.115. The Morgan fingerprint density at radius 3 is 2.21 bits per heavy atom. The molecule has 2 rings (SSSR count). The van der Waals surface area contributed by atoms with Crippen molar-refractivity contribution in [2.24, 2.45) is 11.8 Å². The number of hydrogen-bond donors (Lipinski definition) is 0. The lowest BCUT2D eigenvalue weighted by atomic mass is 9.77. The Bertz CT molecular complexity index is 269. The quantitative estimate of drug-likeness (QED) is 0.621. The van der Waals surface area contributed by atoms with Gasteiger partial charge in [-0.2, -0.15) is 0 Å². The molecule has 0 N–H and O–H groups in total. The van der Waals surface area contributed by atoms with Gasteiger partial charge in [0.1, 0.15) is 0 Å². The zero-order valence-corrected chi connectivity index (χ0v) is 9.31. The van der Waals surface area contributed by atoms with Crippen LogP contribution in [0.4, 0.5) is 0 Å². The summed E-state index contributed by atoms with van der Waals surface area (Å²) in [5.41, 5.74) is 2.45. The molecule has 0 radical (unpaired) electrons. The molecular formula is C13H20O. The van der Waals surface area contributed by atoms with E-state index in [4.69, 9.17) is 0 Å². The second-order valence-electron chi connectivity index (χ2n) is 4.94. The Morgan fingerprint density at radius 1 is 1.07 bits per heavy atom. The summed E-state index contributed by atoms with van der Waals surface area (Å²) in [6, 6.07) is 0. The summed E-state index contributed by atoms with van der Waals surface area (Å²) in [4.78, 5) is 11.6. The van der Waals surface area contributed by atoms with Gasteiger partial charge in [-0.15, -0.1) is 0 Å². The second-order valence-corrected chi connectivity index (χ2v) is 4.94. The van der Waals surface area contributed by atoms with Gasteiger partial charge in [0.05, 0.1) is 0 Å². The maximum atomic E-state index is 11.6. The average Bonchev–Trinajstić information content (AvgIpc) is 2.47. The van der Waals surface area contributed by atoms with E-state index in [1.165, 1.54) is 37.7 Å². The molecule has 0 heterocycles. The Labute approximate surface area is 86.6 Å².